The number of rotatable bonds is 12. The number of carbonyl (C=O) groups excluding carboxylic acids is 2. The van der Waals surface area contributed by atoms with Crippen molar-refractivity contribution in [3.8, 4) is 0 Å². The van der Waals surface area contributed by atoms with Crippen molar-refractivity contribution in [1.82, 2.24) is 5.43 Å². The lowest BCUT2D eigenvalue weighted by molar-refractivity contribution is -0.127. The zero-order valence-corrected chi connectivity index (χ0v) is 23.1. The van der Waals surface area contributed by atoms with Gasteiger partial charge < -0.3 is 24.8 Å². The Balaban J connectivity index is 0. The summed E-state index contributed by atoms with van der Waals surface area (Å²) in [5.41, 5.74) is 3.34. The van der Waals surface area contributed by atoms with Crippen molar-refractivity contribution in [2.75, 3.05) is 38.0 Å². The van der Waals surface area contributed by atoms with Crippen LogP contribution < -0.4 is 10.4 Å². The van der Waals surface area contributed by atoms with E-state index in [1.807, 2.05) is 39.0 Å². The molecule has 0 spiro atoms. The minimum atomic E-state index is -0.560. The second-order valence-corrected chi connectivity index (χ2v) is 8.27. The molecule has 1 aromatic carbocycles. The van der Waals surface area contributed by atoms with E-state index >= 15 is 0 Å². The number of nitrogens with one attached hydrogen (secondary N) is 1. The molecule has 9 heteroatoms. The van der Waals surface area contributed by atoms with Gasteiger partial charge in [-0.2, -0.15) is 0 Å². The van der Waals surface area contributed by atoms with Gasteiger partial charge in [-0.3, -0.25) is 15.0 Å². The molecule has 0 radical (unpaired) electrons. The number of aliphatic hydroxyl groups is 3. The normalized spacial score (nSPS) is 15.9. The van der Waals surface area contributed by atoms with Gasteiger partial charge in [0, 0.05) is 19.8 Å². The highest BCUT2D eigenvalue weighted by molar-refractivity contribution is 6.14. The number of nitrogens with zero attached hydrogens (tertiary/aromatic N) is 1. The maximum atomic E-state index is 12.1. The number of hydrogen-bond donors (Lipinski definition) is 4. The Morgan fingerprint density at radius 2 is 1.47 bits per heavy atom. The number of benzene rings is 1. The number of carbonyl (C=O) groups is 2. The van der Waals surface area contributed by atoms with Gasteiger partial charge in [-0.15, -0.1) is 0 Å². The van der Waals surface area contributed by atoms with E-state index in [2.05, 4.69) is 12.3 Å². The predicted molar refractivity (Wildman–Crippen MR) is 143 cm³/mol. The molecule has 0 saturated carbocycles. The van der Waals surface area contributed by atoms with Crippen molar-refractivity contribution in [2.45, 2.75) is 85.9 Å². The molecule has 1 aliphatic rings. The van der Waals surface area contributed by atoms with Gasteiger partial charge in [0.05, 0.1) is 31.1 Å². The SMILES string of the molecule is CC(O)CO.CCCCC1C(=O)NN(c2ccccc2)C1=O.CCCCOCC(C)O.CCOCC. The molecule has 1 saturated heterocycles. The van der Waals surface area contributed by atoms with E-state index in [1.54, 1.807) is 19.1 Å². The van der Waals surface area contributed by atoms with Crippen LogP contribution in [0.5, 0.6) is 0 Å². The fraction of sp³-hybridized carbons (Fsp3) is 0.704. The number of hydrogen-bond acceptors (Lipinski definition) is 7. The van der Waals surface area contributed by atoms with E-state index in [1.165, 1.54) is 11.9 Å². The smallest absolute Gasteiger partial charge is 0.258 e. The average molecular weight is 515 g/mol. The summed E-state index contributed by atoms with van der Waals surface area (Å²) in [4.78, 5) is 23.8. The molecule has 1 aromatic rings. The van der Waals surface area contributed by atoms with E-state index in [4.69, 9.17) is 24.8 Å². The van der Waals surface area contributed by atoms with Crippen LogP contribution in [0.25, 0.3) is 0 Å². The number of para-hydroxylation sites is 1. The molecule has 0 bridgehead atoms. The summed E-state index contributed by atoms with van der Waals surface area (Å²) in [6.45, 7) is 14.2. The van der Waals surface area contributed by atoms with Gasteiger partial charge >= 0.3 is 0 Å². The monoisotopic (exact) mass is 514 g/mol. The van der Waals surface area contributed by atoms with Crippen molar-refractivity contribution >= 4 is 17.5 Å². The van der Waals surface area contributed by atoms with Gasteiger partial charge in [0.1, 0.15) is 5.92 Å². The Hall–Kier alpha value is -2.04. The number of hydrazine groups is 1. The number of anilines is 1. The number of aliphatic hydroxyl groups excluding tert-OH is 3. The molecule has 1 heterocycles. The van der Waals surface area contributed by atoms with Crippen LogP contribution in [0.4, 0.5) is 5.69 Å². The van der Waals surface area contributed by atoms with Gasteiger partial charge in [0.15, 0.2) is 0 Å². The second-order valence-electron chi connectivity index (χ2n) is 8.27. The quantitative estimate of drug-likeness (QED) is 0.248. The van der Waals surface area contributed by atoms with Crippen molar-refractivity contribution in [2.24, 2.45) is 5.92 Å². The minimum absolute atomic E-state index is 0.139. The van der Waals surface area contributed by atoms with Crippen LogP contribution >= 0.6 is 0 Å². The van der Waals surface area contributed by atoms with Gasteiger partial charge in [0.2, 0.25) is 0 Å². The van der Waals surface area contributed by atoms with Crippen LogP contribution in [0.2, 0.25) is 0 Å². The topological polar surface area (TPSA) is 129 Å². The predicted octanol–water partition coefficient (Wildman–Crippen LogP) is 3.46. The summed E-state index contributed by atoms with van der Waals surface area (Å²) in [6.07, 6.45) is 3.88. The van der Waals surface area contributed by atoms with Crippen LogP contribution in [0.3, 0.4) is 0 Å². The molecular formula is C27H50N2O7. The van der Waals surface area contributed by atoms with Crippen LogP contribution in [-0.4, -0.2) is 72.4 Å². The van der Waals surface area contributed by atoms with Gasteiger partial charge in [-0.1, -0.05) is 51.3 Å². The third kappa shape index (κ3) is 19.2. The standard InChI is InChI=1S/C13H16N2O2.C7H16O2.C4H10O.C3H8O2/c1-2-3-9-11-12(16)14-15(13(11)17)10-7-5-4-6-8-10;1-3-4-5-9-6-7(2)8;1-3-5-4-2;1-3(5)2-4/h4-8,11H,2-3,9H2,1H3,(H,14,16);7-8H,3-6H2,1-2H3;3-4H2,1-2H3;3-5H,2H2,1H3. The zero-order chi connectivity index (χ0) is 27.8. The number of amides is 2. The fourth-order valence-corrected chi connectivity index (χ4v) is 2.65. The molecule has 2 rings (SSSR count). The highest BCUT2D eigenvalue weighted by Crippen LogP contribution is 2.22. The first kappa shape index (κ1) is 36.1. The lowest BCUT2D eigenvalue weighted by Gasteiger charge is -2.14. The van der Waals surface area contributed by atoms with E-state index in [9.17, 15) is 9.59 Å². The molecule has 0 aromatic heterocycles. The molecule has 1 aliphatic heterocycles. The summed E-state index contributed by atoms with van der Waals surface area (Å²) in [5.74, 6) is -0.850. The van der Waals surface area contributed by atoms with Crippen molar-refractivity contribution in [1.29, 1.82) is 0 Å². The molecule has 3 atom stereocenters. The first-order chi connectivity index (χ1) is 17.2. The van der Waals surface area contributed by atoms with E-state index in [0.717, 1.165) is 45.5 Å². The summed E-state index contributed by atoms with van der Waals surface area (Å²) < 4.78 is 9.92. The van der Waals surface area contributed by atoms with Crippen molar-refractivity contribution in [3.05, 3.63) is 30.3 Å². The maximum Gasteiger partial charge on any atom is 0.258 e. The van der Waals surface area contributed by atoms with Crippen molar-refractivity contribution < 1.29 is 34.4 Å². The first-order valence-electron chi connectivity index (χ1n) is 13.0. The number of ether oxygens (including phenoxy) is 2. The van der Waals surface area contributed by atoms with Crippen molar-refractivity contribution in [3.63, 3.8) is 0 Å². The summed E-state index contributed by atoms with van der Waals surface area (Å²) in [6, 6.07) is 9.17. The fourth-order valence-electron chi connectivity index (χ4n) is 2.65. The summed E-state index contributed by atoms with van der Waals surface area (Å²) in [5, 5.41) is 26.1. The van der Waals surface area contributed by atoms with E-state index < -0.39 is 12.0 Å². The zero-order valence-electron chi connectivity index (χ0n) is 23.1. The van der Waals surface area contributed by atoms with E-state index in [-0.39, 0.29) is 24.5 Å². The van der Waals surface area contributed by atoms with Gasteiger partial charge in [-0.05, 0) is 52.7 Å². The number of unbranched alkanes of at least 4 members (excludes halogenated alkanes) is 2. The third-order valence-electron chi connectivity index (χ3n) is 4.59. The van der Waals surface area contributed by atoms with Crippen LogP contribution in [-0.2, 0) is 19.1 Å². The second kappa shape index (κ2) is 24.6. The molecular weight excluding hydrogens is 464 g/mol. The Morgan fingerprint density at radius 1 is 0.917 bits per heavy atom. The van der Waals surface area contributed by atoms with Crippen LogP contribution in [0.15, 0.2) is 30.3 Å². The molecule has 3 unspecified atom stereocenters. The minimum Gasteiger partial charge on any atom is -0.394 e. The summed E-state index contributed by atoms with van der Waals surface area (Å²) >= 11 is 0. The Morgan fingerprint density at radius 3 is 1.89 bits per heavy atom. The first-order valence-corrected chi connectivity index (χ1v) is 13.0. The molecule has 0 aliphatic carbocycles. The Bertz CT molecular complexity index is 640. The Kier molecular flexibility index (Phi) is 24.7. The maximum absolute atomic E-state index is 12.1. The van der Waals surface area contributed by atoms with Crippen LogP contribution in [0, 0.1) is 5.92 Å². The van der Waals surface area contributed by atoms with E-state index in [0.29, 0.717) is 18.7 Å². The Labute approximate surface area is 217 Å². The molecule has 36 heavy (non-hydrogen) atoms. The largest absolute Gasteiger partial charge is 0.394 e. The molecule has 2 amide bonds. The lowest BCUT2D eigenvalue weighted by Crippen LogP contribution is -2.35. The highest BCUT2D eigenvalue weighted by atomic mass is 16.5. The molecule has 1 fully saturated rings. The molecule has 9 nitrogen and oxygen atoms in total. The summed E-state index contributed by atoms with van der Waals surface area (Å²) in [7, 11) is 0. The average Bonchev–Trinajstić information content (AvgIpc) is 3.15. The molecule has 210 valence electrons. The van der Waals surface area contributed by atoms with Crippen LogP contribution in [0.1, 0.15) is 73.6 Å². The molecule has 4 N–H and O–H groups in total. The lowest BCUT2D eigenvalue weighted by atomic mass is 10.0. The third-order valence-corrected chi connectivity index (χ3v) is 4.59. The van der Waals surface area contributed by atoms with Gasteiger partial charge in [0.25, 0.3) is 11.8 Å². The van der Waals surface area contributed by atoms with Gasteiger partial charge in [-0.25, -0.2) is 5.01 Å². The highest BCUT2D eigenvalue weighted by Gasteiger charge is 2.39.